The highest BCUT2D eigenvalue weighted by Gasteiger charge is 2.49. The molecule has 2 fully saturated rings. The van der Waals surface area contributed by atoms with Gasteiger partial charge in [-0.15, -0.1) is 0 Å². The quantitative estimate of drug-likeness (QED) is 0.628. The van der Waals surface area contributed by atoms with Crippen molar-refractivity contribution in [3.8, 4) is 11.3 Å². The Kier molecular flexibility index (Phi) is 7.20. The van der Waals surface area contributed by atoms with Crippen LogP contribution in [0.2, 0.25) is 0 Å². The summed E-state index contributed by atoms with van der Waals surface area (Å²) in [6.45, 7) is 9.23. The van der Waals surface area contributed by atoms with Gasteiger partial charge in [0.05, 0.1) is 12.2 Å². The molecule has 7 nitrogen and oxygen atoms in total. The highest BCUT2D eigenvalue weighted by molar-refractivity contribution is 6.00. The number of nitrogens with one attached hydrogen (secondary N) is 1. The maximum atomic E-state index is 14.0. The van der Waals surface area contributed by atoms with Gasteiger partial charge >= 0.3 is 0 Å². The van der Waals surface area contributed by atoms with Gasteiger partial charge in [0.15, 0.2) is 0 Å². The Bertz CT molecular complexity index is 1090. The van der Waals surface area contributed by atoms with Crippen LogP contribution in [0.1, 0.15) is 81.8 Å². The summed E-state index contributed by atoms with van der Waals surface area (Å²) in [6.07, 6.45) is 8.77. The third kappa shape index (κ3) is 4.70. The Hall–Kier alpha value is -2.67. The molecule has 3 heterocycles. The lowest BCUT2D eigenvalue weighted by atomic mass is 9.91. The van der Waals surface area contributed by atoms with Gasteiger partial charge in [0, 0.05) is 24.2 Å². The summed E-state index contributed by atoms with van der Waals surface area (Å²) < 4.78 is 1.77. The third-order valence-electron chi connectivity index (χ3n) is 8.68. The van der Waals surface area contributed by atoms with Gasteiger partial charge in [-0.05, 0) is 63.7 Å². The lowest BCUT2D eigenvalue weighted by Gasteiger charge is -2.45. The van der Waals surface area contributed by atoms with Crippen LogP contribution in [-0.2, 0) is 17.8 Å². The van der Waals surface area contributed by atoms with Gasteiger partial charge in [-0.2, -0.15) is 5.10 Å². The second kappa shape index (κ2) is 10.4. The number of aryl methyl sites for hydroxylation is 1. The van der Waals surface area contributed by atoms with Crippen LogP contribution in [0.25, 0.3) is 11.3 Å². The second-order valence-electron chi connectivity index (χ2n) is 11.0. The minimum atomic E-state index is -0.973. The number of nitrogens with zero attached hydrogens (tertiary/aromatic N) is 4. The molecule has 5 rings (SSSR count). The first-order valence-electron chi connectivity index (χ1n) is 14.0. The van der Waals surface area contributed by atoms with E-state index in [1.54, 1.807) is 4.68 Å². The number of rotatable bonds is 7. The molecule has 194 valence electrons. The fourth-order valence-corrected chi connectivity index (χ4v) is 6.30. The number of hydrogen-bond donors (Lipinski definition) is 1. The average molecular weight is 492 g/mol. The van der Waals surface area contributed by atoms with Crippen LogP contribution in [0.15, 0.2) is 30.3 Å². The zero-order valence-corrected chi connectivity index (χ0v) is 22.1. The molecule has 0 radical (unpaired) electrons. The second-order valence-corrected chi connectivity index (χ2v) is 11.0. The SMILES string of the molecule is CCc1ccc(-c2cc3n(n2)CC(C)(C(=O)NC2CCCCC2)N(CC2CCCN2CC)C3=O)cc1. The number of likely N-dealkylation sites (N-methyl/N-ethyl adjacent to an activating group) is 1. The number of amides is 2. The van der Waals surface area contributed by atoms with E-state index in [0.717, 1.165) is 69.3 Å². The summed E-state index contributed by atoms with van der Waals surface area (Å²) in [5.74, 6) is -0.131. The van der Waals surface area contributed by atoms with Gasteiger partial charge in [-0.3, -0.25) is 19.2 Å². The lowest BCUT2D eigenvalue weighted by molar-refractivity contribution is -0.134. The molecule has 1 N–H and O–H groups in total. The largest absolute Gasteiger partial charge is 0.351 e. The number of carbonyl (C=O) groups excluding carboxylic acids is 2. The third-order valence-corrected chi connectivity index (χ3v) is 8.68. The maximum Gasteiger partial charge on any atom is 0.273 e. The van der Waals surface area contributed by atoms with Gasteiger partial charge < -0.3 is 10.2 Å². The molecule has 3 aliphatic rings. The van der Waals surface area contributed by atoms with Crippen LogP contribution in [0.4, 0.5) is 0 Å². The first-order valence-corrected chi connectivity index (χ1v) is 14.0. The van der Waals surface area contributed by atoms with Crippen molar-refractivity contribution in [1.82, 2.24) is 24.9 Å². The van der Waals surface area contributed by atoms with E-state index in [1.165, 1.54) is 12.0 Å². The van der Waals surface area contributed by atoms with Crippen molar-refractivity contribution in [2.45, 2.75) is 96.3 Å². The predicted molar refractivity (Wildman–Crippen MR) is 142 cm³/mol. The maximum absolute atomic E-state index is 14.0. The number of likely N-dealkylation sites (tertiary alicyclic amines) is 1. The van der Waals surface area contributed by atoms with E-state index in [2.05, 4.69) is 48.3 Å². The van der Waals surface area contributed by atoms with E-state index in [9.17, 15) is 9.59 Å². The van der Waals surface area contributed by atoms with E-state index >= 15 is 0 Å². The smallest absolute Gasteiger partial charge is 0.273 e. The highest BCUT2D eigenvalue weighted by atomic mass is 16.2. The Balaban J connectivity index is 1.47. The summed E-state index contributed by atoms with van der Waals surface area (Å²) in [5, 5.41) is 8.15. The minimum Gasteiger partial charge on any atom is -0.351 e. The van der Waals surface area contributed by atoms with Gasteiger partial charge in [-0.1, -0.05) is 57.4 Å². The molecular formula is C29H41N5O2. The fraction of sp³-hybridized carbons (Fsp3) is 0.621. The summed E-state index contributed by atoms with van der Waals surface area (Å²) in [6, 6.07) is 10.8. The molecule has 2 aliphatic heterocycles. The molecule has 1 saturated carbocycles. The predicted octanol–water partition coefficient (Wildman–Crippen LogP) is 4.26. The molecule has 7 heteroatoms. The molecule has 0 spiro atoms. The standard InChI is InChI=1S/C29H41N5O2/c1-4-21-13-15-22(16-14-21)25-18-26-27(35)33(19-24-12-9-17-32(24)5-2)29(3,20-34(26)31-25)28(36)30-23-10-7-6-8-11-23/h13-16,18,23-24H,4-12,17,19-20H2,1-3H3,(H,30,36). The summed E-state index contributed by atoms with van der Waals surface area (Å²) in [4.78, 5) is 32.2. The molecule has 1 saturated heterocycles. The minimum absolute atomic E-state index is 0.0428. The van der Waals surface area contributed by atoms with Crippen molar-refractivity contribution in [2.75, 3.05) is 19.6 Å². The first-order chi connectivity index (χ1) is 17.4. The van der Waals surface area contributed by atoms with Crippen LogP contribution in [0.3, 0.4) is 0 Å². The normalized spacial score (nSPS) is 25.2. The molecule has 0 bridgehead atoms. The number of benzene rings is 1. The monoisotopic (exact) mass is 491 g/mol. The molecular weight excluding hydrogens is 450 g/mol. The van der Waals surface area contributed by atoms with Gasteiger partial charge in [0.2, 0.25) is 5.91 Å². The van der Waals surface area contributed by atoms with E-state index in [4.69, 9.17) is 5.10 Å². The number of hydrogen-bond acceptors (Lipinski definition) is 4. The number of aromatic nitrogens is 2. The average Bonchev–Trinajstić information content (AvgIpc) is 3.54. The summed E-state index contributed by atoms with van der Waals surface area (Å²) in [5.41, 5.74) is 2.66. The van der Waals surface area contributed by atoms with Gasteiger partial charge in [-0.25, -0.2) is 0 Å². The van der Waals surface area contributed by atoms with Crippen LogP contribution >= 0.6 is 0 Å². The molecule has 2 unspecified atom stereocenters. The molecule has 36 heavy (non-hydrogen) atoms. The van der Waals surface area contributed by atoms with Crippen LogP contribution in [0, 0.1) is 0 Å². The highest BCUT2D eigenvalue weighted by Crippen LogP contribution is 2.32. The number of fused-ring (bicyclic) bond motifs is 1. The van der Waals surface area contributed by atoms with Gasteiger partial charge in [0.25, 0.3) is 5.91 Å². The van der Waals surface area contributed by atoms with Crippen LogP contribution in [0.5, 0.6) is 0 Å². The zero-order valence-electron chi connectivity index (χ0n) is 22.1. The number of carbonyl (C=O) groups is 2. The topological polar surface area (TPSA) is 70.5 Å². The Morgan fingerprint density at radius 2 is 1.83 bits per heavy atom. The molecule has 2 atom stereocenters. The fourth-order valence-electron chi connectivity index (χ4n) is 6.30. The van der Waals surface area contributed by atoms with Crippen molar-refractivity contribution >= 4 is 11.8 Å². The molecule has 2 amide bonds. The summed E-state index contributed by atoms with van der Waals surface area (Å²) in [7, 11) is 0. The van der Waals surface area contributed by atoms with Crippen molar-refractivity contribution in [2.24, 2.45) is 0 Å². The van der Waals surface area contributed by atoms with E-state index < -0.39 is 5.54 Å². The van der Waals surface area contributed by atoms with Gasteiger partial charge in [0.1, 0.15) is 11.2 Å². The van der Waals surface area contributed by atoms with Crippen molar-refractivity contribution in [3.63, 3.8) is 0 Å². The Morgan fingerprint density at radius 3 is 2.53 bits per heavy atom. The Morgan fingerprint density at radius 1 is 1.08 bits per heavy atom. The summed E-state index contributed by atoms with van der Waals surface area (Å²) >= 11 is 0. The molecule has 1 aromatic heterocycles. The van der Waals surface area contributed by atoms with E-state index in [0.29, 0.717) is 18.8 Å². The van der Waals surface area contributed by atoms with Crippen molar-refractivity contribution in [1.29, 1.82) is 0 Å². The Labute approximate surface area is 215 Å². The van der Waals surface area contributed by atoms with Crippen molar-refractivity contribution in [3.05, 3.63) is 41.6 Å². The van der Waals surface area contributed by atoms with Crippen LogP contribution in [-0.4, -0.2) is 68.7 Å². The van der Waals surface area contributed by atoms with Crippen LogP contribution < -0.4 is 5.32 Å². The lowest BCUT2D eigenvalue weighted by Crippen LogP contribution is -2.66. The molecule has 1 aliphatic carbocycles. The molecule has 1 aromatic carbocycles. The molecule has 2 aromatic rings. The van der Waals surface area contributed by atoms with Crippen molar-refractivity contribution < 1.29 is 9.59 Å². The van der Waals surface area contributed by atoms with E-state index in [1.807, 2.05) is 17.9 Å². The first kappa shape index (κ1) is 25.0. The van der Waals surface area contributed by atoms with E-state index in [-0.39, 0.29) is 23.9 Å². The zero-order chi connectivity index (χ0) is 25.3.